The van der Waals surface area contributed by atoms with Crippen molar-refractivity contribution in [1.82, 2.24) is 10.0 Å². The number of sulfonamides is 1. The Kier molecular flexibility index (Phi) is 5.23. The molecule has 1 aromatic rings. The Morgan fingerprint density at radius 2 is 2.00 bits per heavy atom. The number of hydrogen-bond donors (Lipinski definition) is 2. The van der Waals surface area contributed by atoms with Gasteiger partial charge >= 0.3 is 0 Å². The normalized spacial score (nSPS) is 27.6. The molecule has 0 aliphatic heterocycles. The summed E-state index contributed by atoms with van der Waals surface area (Å²) in [5.74, 6) is 1.28. The van der Waals surface area contributed by atoms with Crippen LogP contribution < -0.4 is 10.0 Å². The molecule has 1 saturated carbocycles. The van der Waals surface area contributed by atoms with Crippen LogP contribution in [0.5, 0.6) is 0 Å². The molecular weight excluding hydrogens is 292 g/mol. The van der Waals surface area contributed by atoms with Crippen molar-refractivity contribution < 1.29 is 8.42 Å². The molecule has 0 aromatic carbocycles. The van der Waals surface area contributed by atoms with Crippen LogP contribution in [0.2, 0.25) is 0 Å². The maximum Gasteiger partial charge on any atom is 0.250 e. The minimum absolute atomic E-state index is 0.0843. The Bertz CT molecular complexity index is 539. The molecule has 6 heteroatoms. The van der Waals surface area contributed by atoms with Crippen LogP contribution in [0, 0.1) is 11.8 Å². The van der Waals surface area contributed by atoms with Crippen LogP contribution in [0.4, 0.5) is 0 Å². The van der Waals surface area contributed by atoms with Crippen molar-refractivity contribution in [3.05, 3.63) is 17.0 Å². The highest BCUT2D eigenvalue weighted by atomic mass is 32.2. The summed E-state index contributed by atoms with van der Waals surface area (Å²) in [5.41, 5.74) is 0. The second-order valence-electron chi connectivity index (χ2n) is 5.84. The Hall–Kier alpha value is -0.430. The average molecular weight is 316 g/mol. The van der Waals surface area contributed by atoms with Gasteiger partial charge in [0, 0.05) is 17.5 Å². The molecule has 2 N–H and O–H groups in total. The molecule has 1 aliphatic carbocycles. The van der Waals surface area contributed by atoms with Crippen molar-refractivity contribution in [3.8, 4) is 0 Å². The average Bonchev–Trinajstić information content (AvgIpc) is 2.83. The Morgan fingerprint density at radius 1 is 1.25 bits per heavy atom. The van der Waals surface area contributed by atoms with Crippen molar-refractivity contribution in [1.29, 1.82) is 0 Å². The molecule has 0 radical (unpaired) electrons. The summed E-state index contributed by atoms with van der Waals surface area (Å²) in [7, 11) is -1.50. The first-order valence-electron chi connectivity index (χ1n) is 7.18. The minimum Gasteiger partial charge on any atom is -0.315 e. The zero-order valence-corrected chi connectivity index (χ0v) is 14.0. The van der Waals surface area contributed by atoms with Gasteiger partial charge in [0.2, 0.25) is 10.0 Å². The van der Waals surface area contributed by atoms with Crippen LogP contribution >= 0.6 is 11.3 Å². The number of nitrogens with one attached hydrogen (secondary N) is 2. The molecular formula is C14H24N2O2S2. The molecule has 0 spiro atoms. The largest absolute Gasteiger partial charge is 0.315 e. The van der Waals surface area contributed by atoms with Gasteiger partial charge in [-0.2, -0.15) is 0 Å². The predicted molar refractivity (Wildman–Crippen MR) is 83.4 cm³/mol. The van der Waals surface area contributed by atoms with Crippen LogP contribution in [0.15, 0.2) is 16.3 Å². The van der Waals surface area contributed by atoms with Gasteiger partial charge in [-0.1, -0.05) is 13.8 Å². The van der Waals surface area contributed by atoms with Crippen LogP contribution in [0.25, 0.3) is 0 Å². The van der Waals surface area contributed by atoms with Gasteiger partial charge in [-0.05, 0) is 50.3 Å². The lowest BCUT2D eigenvalue weighted by Crippen LogP contribution is -2.39. The Balaban J connectivity index is 2.03. The van der Waals surface area contributed by atoms with Gasteiger partial charge in [-0.25, -0.2) is 13.1 Å². The van der Waals surface area contributed by atoms with Crippen molar-refractivity contribution in [2.75, 3.05) is 7.05 Å². The van der Waals surface area contributed by atoms with Crippen LogP contribution in [0.1, 0.15) is 38.0 Å². The van der Waals surface area contributed by atoms with Gasteiger partial charge < -0.3 is 5.32 Å². The third-order valence-electron chi connectivity index (χ3n) is 4.17. The van der Waals surface area contributed by atoms with E-state index in [1.807, 2.05) is 13.1 Å². The summed E-state index contributed by atoms with van der Waals surface area (Å²) < 4.78 is 28.1. The smallest absolute Gasteiger partial charge is 0.250 e. The van der Waals surface area contributed by atoms with Gasteiger partial charge in [0.1, 0.15) is 4.21 Å². The lowest BCUT2D eigenvalue weighted by atomic mass is 9.79. The van der Waals surface area contributed by atoms with Crippen LogP contribution in [-0.4, -0.2) is 21.5 Å². The topological polar surface area (TPSA) is 58.2 Å². The Morgan fingerprint density at radius 3 is 2.65 bits per heavy atom. The van der Waals surface area contributed by atoms with E-state index in [0.29, 0.717) is 22.6 Å². The molecule has 1 heterocycles. The monoisotopic (exact) mass is 316 g/mol. The summed E-state index contributed by atoms with van der Waals surface area (Å²) in [6, 6.07) is 3.66. The van der Waals surface area contributed by atoms with Gasteiger partial charge in [0.25, 0.3) is 0 Å². The standard InChI is InChI=1S/C14H24N2O2S2/c1-10-4-5-12(8-11(10)2)16-20(17,18)14-7-6-13(19-14)9-15-3/h6-7,10-12,15-16H,4-5,8-9H2,1-3H3. The van der Waals surface area contributed by atoms with Gasteiger partial charge in [-0.3, -0.25) is 0 Å². The fraction of sp³-hybridized carbons (Fsp3) is 0.714. The zero-order valence-electron chi connectivity index (χ0n) is 12.3. The van der Waals surface area contributed by atoms with E-state index in [2.05, 4.69) is 23.9 Å². The SMILES string of the molecule is CNCc1ccc(S(=O)(=O)NC2CCC(C)C(C)C2)s1. The molecule has 3 atom stereocenters. The highest BCUT2D eigenvalue weighted by Gasteiger charge is 2.28. The maximum atomic E-state index is 12.4. The van der Waals surface area contributed by atoms with Crippen LogP contribution in [0.3, 0.4) is 0 Å². The van der Waals surface area contributed by atoms with Gasteiger partial charge in [-0.15, -0.1) is 11.3 Å². The van der Waals surface area contributed by atoms with E-state index < -0.39 is 10.0 Å². The van der Waals surface area contributed by atoms with Crippen molar-refractivity contribution in [2.45, 2.75) is 49.9 Å². The van der Waals surface area contributed by atoms with E-state index in [1.54, 1.807) is 6.07 Å². The molecule has 1 aromatic heterocycles. The first kappa shape index (κ1) is 15.9. The molecule has 0 bridgehead atoms. The summed E-state index contributed by atoms with van der Waals surface area (Å²) >= 11 is 1.34. The molecule has 1 aliphatic rings. The maximum absolute atomic E-state index is 12.4. The zero-order chi connectivity index (χ0) is 14.8. The number of rotatable bonds is 5. The van der Waals surface area contributed by atoms with Crippen molar-refractivity contribution in [3.63, 3.8) is 0 Å². The lowest BCUT2D eigenvalue weighted by Gasteiger charge is -2.32. The Labute approximate surface area is 126 Å². The predicted octanol–water partition coefficient (Wildman–Crippen LogP) is 2.57. The molecule has 1 fully saturated rings. The highest BCUT2D eigenvalue weighted by Crippen LogP contribution is 2.30. The van der Waals surface area contributed by atoms with Gasteiger partial charge in [0.15, 0.2) is 0 Å². The quantitative estimate of drug-likeness (QED) is 0.878. The molecule has 2 rings (SSSR count). The lowest BCUT2D eigenvalue weighted by molar-refractivity contribution is 0.242. The van der Waals surface area contributed by atoms with Crippen molar-refractivity contribution >= 4 is 21.4 Å². The fourth-order valence-corrected chi connectivity index (χ4v) is 5.37. The van der Waals surface area contributed by atoms with Gasteiger partial charge in [0.05, 0.1) is 0 Å². The van der Waals surface area contributed by atoms with Crippen molar-refractivity contribution in [2.24, 2.45) is 11.8 Å². The van der Waals surface area contributed by atoms with E-state index in [4.69, 9.17) is 0 Å². The summed E-state index contributed by atoms with van der Waals surface area (Å²) in [5, 5.41) is 3.04. The highest BCUT2D eigenvalue weighted by molar-refractivity contribution is 7.91. The molecule has 114 valence electrons. The molecule has 3 unspecified atom stereocenters. The van der Waals surface area contributed by atoms with E-state index in [9.17, 15) is 8.42 Å². The molecule has 4 nitrogen and oxygen atoms in total. The van der Waals surface area contributed by atoms with Crippen LogP contribution in [-0.2, 0) is 16.6 Å². The number of hydrogen-bond acceptors (Lipinski definition) is 4. The van der Waals surface area contributed by atoms with E-state index >= 15 is 0 Å². The second kappa shape index (κ2) is 6.56. The van der Waals surface area contributed by atoms with E-state index in [0.717, 1.165) is 24.1 Å². The molecule has 20 heavy (non-hydrogen) atoms. The summed E-state index contributed by atoms with van der Waals surface area (Å²) in [6.45, 7) is 5.16. The first-order chi connectivity index (χ1) is 9.42. The fourth-order valence-electron chi connectivity index (χ4n) is 2.70. The third-order valence-corrected chi connectivity index (χ3v) is 7.27. The van der Waals surface area contributed by atoms with E-state index in [1.165, 1.54) is 11.3 Å². The first-order valence-corrected chi connectivity index (χ1v) is 9.48. The number of thiophene rings is 1. The summed E-state index contributed by atoms with van der Waals surface area (Å²) in [4.78, 5) is 1.04. The summed E-state index contributed by atoms with van der Waals surface area (Å²) in [6.07, 6.45) is 2.98. The third kappa shape index (κ3) is 3.81. The van der Waals surface area contributed by atoms with E-state index in [-0.39, 0.29) is 6.04 Å². The molecule has 0 saturated heterocycles. The minimum atomic E-state index is -3.36. The second-order valence-corrected chi connectivity index (χ2v) is 8.95. The molecule has 0 amide bonds.